The number of hydrogen-bond acceptors (Lipinski definition) is 4. The van der Waals surface area contributed by atoms with Crippen molar-refractivity contribution in [1.82, 2.24) is 15.1 Å². The molecule has 2 N–H and O–H groups in total. The number of carbonyl (C=O) groups is 1. The van der Waals surface area contributed by atoms with E-state index < -0.39 is 23.7 Å². The first kappa shape index (κ1) is 19.9. The van der Waals surface area contributed by atoms with E-state index in [1.54, 1.807) is 6.07 Å². The highest BCUT2D eigenvalue weighted by atomic mass is 19.4. The van der Waals surface area contributed by atoms with Crippen LogP contribution >= 0.6 is 0 Å². The van der Waals surface area contributed by atoms with E-state index in [1.807, 2.05) is 0 Å². The molecule has 1 atom stereocenters. The van der Waals surface area contributed by atoms with Gasteiger partial charge in [0.25, 0.3) is 0 Å². The number of likely N-dealkylation sites (tertiary alicyclic amines) is 1. The second kappa shape index (κ2) is 7.43. The zero-order valence-electron chi connectivity index (χ0n) is 15.4. The SMILES string of the molecule is O=C(O)N1CC[C@H](Nc2nnc(-c3ccc(C(F)(F)F)cc3)c3cccc(F)c23)C1. The Labute approximate surface area is 168 Å². The monoisotopic (exact) mass is 420 g/mol. The van der Waals surface area contributed by atoms with E-state index >= 15 is 0 Å². The minimum atomic E-state index is -4.46. The van der Waals surface area contributed by atoms with Crippen molar-refractivity contribution >= 4 is 22.7 Å². The predicted molar refractivity (Wildman–Crippen MR) is 102 cm³/mol. The third kappa shape index (κ3) is 3.72. The molecule has 0 radical (unpaired) electrons. The summed E-state index contributed by atoms with van der Waals surface area (Å²) in [5.74, 6) is -0.401. The number of alkyl halides is 3. The maximum absolute atomic E-state index is 14.7. The van der Waals surface area contributed by atoms with Crippen LogP contribution in [0.15, 0.2) is 42.5 Å². The molecule has 1 aromatic heterocycles. The Morgan fingerprint density at radius 3 is 2.50 bits per heavy atom. The van der Waals surface area contributed by atoms with E-state index in [2.05, 4.69) is 15.5 Å². The number of rotatable bonds is 3. The fourth-order valence-corrected chi connectivity index (χ4v) is 3.54. The number of nitrogens with zero attached hydrogens (tertiary/aromatic N) is 3. The number of carboxylic acid groups (broad SMARTS) is 1. The molecule has 0 saturated carbocycles. The zero-order valence-corrected chi connectivity index (χ0v) is 15.4. The van der Waals surface area contributed by atoms with Gasteiger partial charge in [0.05, 0.1) is 10.9 Å². The molecule has 0 aliphatic carbocycles. The number of halogens is 4. The zero-order chi connectivity index (χ0) is 21.5. The van der Waals surface area contributed by atoms with Gasteiger partial charge in [0.1, 0.15) is 11.5 Å². The van der Waals surface area contributed by atoms with Gasteiger partial charge in [-0.1, -0.05) is 24.3 Å². The Balaban J connectivity index is 1.71. The first-order valence-electron chi connectivity index (χ1n) is 9.11. The van der Waals surface area contributed by atoms with Crippen LogP contribution in [0.5, 0.6) is 0 Å². The average Bonchev–Trinajstić information content (AvgIpc) is 3.17. The van der Waals surface area contributed by atoms with Crippen molar-refractivity contribution < 1.29 is 27.5 Å². The van der Waals surface area contributed by atoms with Gasteiger partial charge in [0, 0.05) is 30.1 Å². The van der Waals surface area contributed by atoms with Crippen molar-refractivity contribution in [3.8, 4) is 11.3 Å². The summed E-state index contributed by atoms with van der Waals surface area (Å²) < 4.78 is 53.2. The topological polar surface area (TPSA) is 78.4 Å². The van der Waals surface area contributed by atoms with Crippen LogP contribution in [-0.4, -0.2) is 45.4 Å². The number of nitrogens with one attached hydrogen (secondary N) is 1. The van der Waals surface area contributed by atoms with E-state index in [4.69, 9.17) is 5.11 Å². The lowest BCUT2D eigenvalue weighted by Crippen LogP contribution is -2.30. The van der Waals surface area contributed by atoms with Crippen LogP contribution in [0.1, 0.15) is 12.0 Å². The van der Waals surface area contributed by atoms with Crippen molar-refractivity contribution in [3.05, 3.63) is 53.8 Å². The summed E-state index contributed by atoms with van der Waals surface area (Å²) >= 11 is 0. The van der Waals surface area contributed by atoms with Crippen molar-refractivity contribution in [3.63, 3.8) is 0 Å². The molecule has 2 heterocycles. The molecule has 1 aliphatic rings. The summed E-state index contributed by atoms with van der Waals surface area (Å²) in [7, 11) is 0. The number of anilines is 1. The summed E-state index contributed by atoms with van der Waals surface area (Å²) in [6.45, 7) is 0.581. The van der Waals surface area contributed by atoms with Gasteiger partial charge in [-0.3, -0.25) is 0 Å². The minimum Gasteiger partial charge on any atom is -0.465 e. The fourth-order valence-electron chi connectivity index (χ4n) is 3.54. The van der Waals surface area contributed by atoms with Crippen molar-refractivity contribution in [2.45, 2.75) is 18.6 Å². The molecule has 156 valence electrons. The van der Waals surface area contributed by atoms with E-state index in [0.717, 1.165) is 12.1 Å². The van der Waals surface area contributed by atoms with E-state index in [0.29, 0.717) is 23.9 Å². The maximum atomic E-state index is 14.7. The third-order valence-corrected chi connectivity index (χ3v) is 5.04. The molecule has 2 aromatic carbocycles. The number of aromatic nitrogens is 2. The second-order valence-electron chi connectivity index (χ2n) is 6.99. The first-order valence-corrected chi connectivity index (χ1v) is 9.11. The summed E-state index contributed by atoms with van der Waals surface area (Å²) in [5, 5.41) is 20.8. The largest absolute Gasteiger partial charge is 0.465 e. The van der Waals surface area contributed by atoms with Crippen molar-refractivity contribution in [2.75, 3.05) is 18.4 Å². The third-order valence-electron chi connectivity index (χ3n) is 5.04. The Kier molecular flexibility index (Phi) is 4.92. The van der Waals surface area contributed by atoms with Gasteiger partial charge >= 0.3 is 12.3 Å². The summed E-state index contributed by atoms with van der Waals surface area (Å²) in [5.41, 5.74) is -0.171. The standard InChI is InChI=1S/C20H16F4N4O2/c21-15-3-1-2-14-16(15)18(25-13-8-9-28(10-13)19(29)30)27-26-17(14)11-4-6-12(7-5-11)20(22,23)24/h1-7,13H,8-10H2,(H,25,27)(H,29,30)/t13-/m0/s1. The van der Waals surface area contributed by atoms with Gasteiger partial charge in [-0.25, -0.2) is 9.18 Å². The molecule has 30 heavy (non-hydrogen) atoms. The molecule has 1 amide bonds. The lowest BCUT2D eigenvalue weighted by Gasteiger charge is -2.17. The van der Waals surface area contributed by atoms with Gasteiger partial charge in [-0.05, 0) is 24.6 Å². The summed E-state index contributed by atoms with van der Waals surface area (Å²) in [6, 6.07) is 8.51. The summed E-state index contributed by atoms with van der Waals surface area (Å²) in [6.07, 6.45) is -4.96. The number of amides is 1. The van der Waals surface area contributed by atoms with Gasteiger partial charge in [-0.15, -0.1) is 10.2 Å². The maximum Gasteiger partial charge on any atom is 0.416 e. The van der Waals surface area contributed by atoms with Crippen molar-refractivity contribution in [1.29, 1.82) is 0 Å². The lowest BCUT2D eigenvalue weighted by atomic mass is 10.0. The molecule has 1 aliphatic heterocycles. The molecular weight excluding hydrogens is 404 g/mol. The molecule has 0 spiro atoms. The van der Waals surface area contributed by atoms with Crippen LogP contribution in [0.2, 0.25) is 0 Å². The molecule has 6 nitrogen and oxygen atoms in total. The van der Waals surface area contributed by atoms with E-state index in [9.17, 15) is 22.4 Å². The Hall–Kier alpha value is -3.43. The van der Waals surface area contributed by atoms with Crippen LogP contribution in [0.25, 0.3) is 22.0 Å². The Morgan fingerprint density at radius 2 is 1.87 bits per heavy atom. The normalized spacial score (nSPS) is 16.8. The Bertz CT molecular complexity index is 1100. The van der Waals surface area contributed by atoms with Gasteiger partial charge in [-0.2, -0.15) is 13.2 Å². The lowest BCUT2D eigenvalue weighted by molar-refractivity contribution is -0.137. The van der Waals surface area contributed by atoms with E-state index in [1.165, 1.54) is 29.2 Å². The number of benzene rings is 2. The van der Waals surface area contributed by atoms with Crippen molar-refractivity contribution in [2.24, 2.45) is 0 Å². The predicted octanol–water partition coefficient (Wildman–Crippen LogP) is 4.62. The molecule has 1 saturated heterocycles. The average molecular weight is 420 g/mol. The van der Waals surface area contributed by atoms with Gasteiger partial charge in [0.15, 0.2) is 5.82 Å². The molecule has 3 aromatic rings. The first-order chi connectivity index (χ1) is 14.2. The number of hydrogen-bond donors (Lipinski definition) is 2. The second-order valence-corrected chi connectivity index (χ2v) is 6.99. The number of fused-ring (bicyclic) bond motifs is 1. The molecule has 1 fully saturated rings. The van der Waals surface area contributed by atoms with Crippen LogP contribution in [-0.2, 0) is 6.18 Å². The molecule has 4 rings (SSSR count). The van der Waals surface area contributed by atoms with Crippen LogP contribution < -0.4 is 5.32 Å². The van der Waals surface area contributed by atoms with Crippen LogP contribution in [0.3, 0.4) is 0 Å². The highest BCUT2D eigenvalue weighted by Gasteiger charge is 2.30. The molecule has 0 unspecified atom stereocenters. The Morgan fingerprint density at radius 1 is 1.13 bits per heavy atom. The van der Waals surface area contributed by atoms with Gasteiger partial charge < -0.3 is 15.3 Å². The van der Waals surface area contributed by atoms with Crippen LogP contribution in [0, 0.1) is 5.82 Å². The summed E-state index contributed by atoms with van der Waals surface area (Å²) in [4.78, 5) is 12.3. The minimum absolute atomic E-state index is 0.149. The smallest absolute Gasteiger partial charge is 0.416 e. The van der Waals surface area contributed by atoms with E-state index in [-0.39, 0.29) is 29.5 Å². The highest BCUT2D eigenvalue weighted by Crippen LogP contribution is 2.34. The molecular formula is C20H16F4N4O2. The fraction of sp³-hybridized carbons (Fsp3) is 0.250. The molecule has 0 bridgehead atoms. The molecule has 10 heteroatoms. The quantitative estimate of drug-likeness (QED) is 0.605. The van der Waals surface area contributed by atoms with Crippen LogP contribution in [0.4, 0.5) is 28.2 Å². The van der Waals surface area contributed by atoms with Gasteiger partial charge in [0.2, 0.25) is 0 Å². The highest BCUT2D eigenvalue weighted by molar-refractivity contribution is 6.00.